The number of fused-ring (bicyclic) bond motifs is 3. The van der Waals surface area contributed by atoms with Crippen molar-refractivity contribution in [1.82, 2.24) is 0 Å². The van der Waals surface area contributed by atoms with Gasteiger partial charge in [0.25, 0.3) is 0 Å². The molecular formula is C36H54. The molecule has 0 heterocycles. The Kier molecular flexibility index (Phi) is 15.7. The Morgan fingerprint density at radius 1 is 0.639 bits per heavy atom. The monoisotopic (exact) mass is 486 g/mol. The molecule has 0 radical (unpaired) electrons. The van der Waals surface area contributed by atoms with Crippen LogP contribution in [0.3, 0.4) is 0 Å². The molecule has 36 heavy (non-hydrogen) atoms. The lowest BCUT2D eigenvalue weighted by atomic mass is 9.82. The minimum Gasteiger partial charge on any atom is -0.0776 e. The highest BCUT2D eigenvalue weighted by atomic mass is 14.2. The molecule has 0 amide bonds. The van der Waals surface area contributed by atoms with Gasteiger partial charge in [0.1, 0.15) is 0 Å². The Balaban J connectivity index is 0.00000195. The molecule has 0 aliphatic rings. The van der Waals surface area contributed by atoms with E-state index in [1.807, 2.05) is 27.7 Å². The summed E-state index contributed by atoms with van der Waals surface area (Å²) in [6, 6.07) is 25.2. The van der Waals surface area contributed by atoms with Crippen molar-refractivity contribution in [3.8, 4) is 11.1 Å². The van der Waals surface area contributed by atoms with E-state index in [2.05, 4.69) is 94.4 Å². The lowest BCUT2D eigenvalue weighted by Crippen LogP contribution is -2.06. The summed E-state index contributed by atoms with van der Waals surface area (Å²) in [6.07, 6.45) is 6.32. The second-order valence-corrected chi connectivity index (χ2v) is 8.93. The average Bonchev–Trinajstić information content (AvgIpc) is 2.89. The van der Waals surface area contributed by atoms with Gasteiger partial charge >= 0.3 is 0 Å². The molecule has 0 N–H and O–H groups in total. The second kappa shape index (κ2) is 17.0. The highest BCUT2D eigenvalue weighted by molar-refractivity contribution is 6.16. The lowest BCUT2D eigenvalue weighted by molar-refractivity contribution is 0.451. The quantitative estimate of drug-likeness (QED) is 0.228. The highest BCUT2D eigenvalue weighted by Gasteiger charge is 2.19. The van der Waals surface area contributed by atoms with Crippen molar-refractivity contribution >= 4 is 21.5 Å². The van der Waals surface area contributed by atoms with Crippen molar-refractivity contribution in [1.29, 1.82) is 0 Å². The zero-order valence-electron chi connectivity index (χ0n) is 23.0. The fraction of sp³-hybridized carbons (Fsp3) is 0.444. The average molecular weight is 487 g/mol. The van der Waals surface area contributed by atoms with Gasteiger partial charge in [0.05, 0.1) is 0 Å². The lowest BCUT2D eigenvalue weighted by Gasteiger charge is -2.22. The van der Waals surface area contributed by atoms with Gasteiger partial charge in [-0.2, -0.15) is 0 Å². The number of hydrogen-bond donors (Lipinski definition) is 0. The molecule has 198 valence electrons. The van der Waals surface area contributed by atoms with E-state index in [1.165, 1.54) is 75.0 Å². The standard InChI is InChI=1S/C30H34.2C2H6.2CH4/c1-5-7-10-23(6-2)20-29-26-12-9-8-11-25(26)27-18-15-22(4)19-28(27)30(29)24-16-13-21(3)14-17-24;2*1-2;;/h8-9,11-19,23H,5-7,10,20H2,1-4H3;2*1-2H3;2*1H4. The molecule has 0 nitrogen and oxygen atoms in total. The topological polar surface area (TPSA) is 0 Å². The maximum absolute atomic E-state index is 2.40. The summed E-state index contributed by atoms with van der Waals surface area (Å²) in [6.45, 7) is 17.0. The molecule has 4 rings (SSSR count). The van der Waals surface area contributed by atoms with E-state index >= 15 is 0 Å². The van der Waals surface area contributed by atoms with E-state index in [9.17, 15) is 0 Å². The van der Waals surface area contributed by atoms with E-state index in [-0.39, 0.29) is 14.9 Å². The molecule has 0 aliphatic carbocycles. The first-order chi connectivity index (χ1) is 16.6. The minimum absolute atomic E-state index is 0. The molecule has 1 atom stereocenters. The third-order valence-electron chi connectivity index (χ3n) is 6.66. The smallest absolute Gasteiger partial charge is 0.00667 e. The summed E-state index contributed by atoms with van der Waals surface area (Å²) in [5, 5.41) is 5.60. The normalized spacial score (nSPS) is 10.8. The highest BCUT2D eigenvalue weighted by Crippen LogP contribution is 2.41. The fourth-order valence-corrected chi connectivity index (χ4v) is 4.87. The van der Waals surface area contributed by atoms with Crippen molar-refractivity contribution in [3.63, 3.8) is 0 Å². The molecular weight excluding hydrogens is 432 g/mol. The summed E-state index contributed by atoms with van der Waals surface area (Å²) < 4.78 is 0. The Morgan fingerprint density at radius 3 is 1.78 bits per heavy atom. The summed E-state index contributed by atoms with van der Waals surface area (Å²) in [4.78, 5) is 0. The van der Waals surface area contributed by atoms with E-state index < -0.39 is 0 Å². The van der Waals surface area contributed by atoms with Crippen molar-refractivity contribution in [2.75, 3.05) is 0 Å². The van der Waals surface area contributed by atoms with E-state index in [1.54, 1.807) is 0 Å². The predicted octanol–water partition coefficient (Wildman–Crippen LogP) is 12.4. The van der Waals surface area contributed by atoms with Crippen LogP contribution in [0.5, 0.6) is 0 Å². The van der Waals surface area contributed by atoms with Crippen LogP contribution in [-0.2, 0) is 6.42 Å². The maximum Gasteiger partial charge on any atom is -0.00667 e. The van der Waals surface area contributed by atoms with Crippen LogP contribution < -0.4 is 0 Å². The van der Waals surface area contributed by atoms with Crippen LogP contribution in [-0.4, -0.2) is 0 Å². The van der Waals surface area contributed by atoms with Crippen LogP contribution in [0.4, 0.5) is 0 Å². The molecule has 4 aromatic carbocycles. The third-order valence-corrected chi connectivity index (χ3v) is 6.66. The van der Waals surface area contributed by atoms with Gasteiger partial charge in [0.2, 0.25) is 0 Å². The second-order valence-electron chi connectivity index (χ2n) is 8.93. The predicted molar refractivity (Wildman–Crippen MR) is 170 cm³/mol. The van der Waals surface area contributed by atoms with Gasteiger partial charge < -0.3 is 0 Å². The van der Waals surface area contributed by atoms with Gasteiger partial charge in [0, 0.05) is 0 Å². The first kappa shape index (κ1) is 33.4. The first-order valence-corrected chi connectivity index (χ1v) is 13.6. The van der Waals surface area contributed by atoms with Crippen LogP contribution >= 0.6 is 0 Å². The Morgan fingerprint density at radius 2 is 1.19 bits per heavy atom. The van der Waals surface area contributed by atoms with Gasteiger partial charge in [-0.25, -0.2) is 0 Å². The number of unbranched alkanes of at least 4 members (excludes halogenated alkanes) is 1. The Bertz CT molecular complexity index is 1150. The summed E-state index contributed by atoms with van der Waals surface area (Å²) in [5.74, 6) is 0.736. The fourth-order valence-electron chi connectivity index (χ4n) is 4.87. The summed E-state index contributed by atoms with van der Waals surface area (Å²) in [5.41, 5.74) is 6.98. The molecule has 0 aliphatic heterocycles. The summed E-state index contributed by atoms with van der Waals surface area (Å²) >= 11 is 0. The maximum atomic E-state index is 2.40. The minimum atomic E-state index is 0. The number of benzene rings is 4. The van der Waals surface area contributed by atoms with Crippen molar-refractivity contribution in [2.45, 2.75) is 102 Å². The third kappa shape index (κ3) is 7.70. The van der Waals surface area contributed by atoms with Gasteiger partial charge in [0.15, 0.2) is 0 Å². The SMILES string of the molecule is C.C.CC.CC.CCCCC(CC)Cc1c(-c2ccc(C)cc2)c2cc(C)ccc2c2ccccc12. The zero-order valence-corrected chi connectivity index (χ0v) is 23.0. The van der Waals surface area contributed by atoms with Crippen LogP contribution in [0, 0.1) is 19.8 Å². The summed E-state index contributed by atoms with van der Waals surface area (Å²) in [7, 11) is 0. The Hall–Kier alpha value is -2.60. The number of aryl methyl sites for hydroxylation is 2. The largest absolute Gasteiger partial charge is 0.0776 e. The number of rotatable bonds is 7. The van der Waals surface area contributed by atoms with Crippen molar-refractivity contribution in [2.24, 2.45) is 5.92 Å². The van der Waals surface area contributed by atoms with E-state index in [0.29, 0.717) is 0 Å². The van der Waals surface area contributed by atoms with Crippen LogP contribution in [0.2, 0.25) is 0 Å². The van der Waals surface area contributed by atoms with E-state index in [0.717, 1.165) is 12.3 Å². The van der Waals surface area contributed by atoms with Crippen LogP contribution in [0.15, 0.2) is 66.7 Å². The van der Waals surface area contributed by atoms with Crippen LogP contribution in [0.25, 0.3) is 32.7 Å². The van der Waals surface area contributed by atoms with Crippen molar-refractivity contribution < 1.29 is 0 Å². The molecule has 1 unspecified atom stereocenters. The number of hydrogen-bond acceptors (Lipinski definition) is 0. The van der Waals surface area contributed by atoms with Crippen LogP contribution in [0.1, 0.15) is 98.8 Å². The van der Waals surface area contributed by atoms with E-state index in [4.69, 9.17) is 0 Å². The van der Waals surface area contributed by atoms with Crippen molar-refractivity contribution in [3.05, 3.63) is 83.4 Å². The molecule has 0 saturated heterocycles. The van der Waals surface area contributed by atoms with Gasteiger partial charge in [-0.1, -0.05) is 160 Å². The molecule has 4 aromatic rings. The first-order valence-electron chi connectivity index (χ1n) is 13.6. The molecule has 0 spiro atoms. The van der Waals surface area contributed by atoms with Gasteiger partial charge in [-0.05, 0) is 64.4 Å². The molecule has 0 aromatic heterocycles. The van der Waals surface area contributed by atoms with Gasteiger partial charge in [-0.15, -0.1) is 0 Å². The molecule has 0 heteroatoms. The molecule has 0 bridgehead atoms. The molecule has 0 saturated carbocycles. The van der Waals surface area contributed by atoms with Gasteiger partial charge in [-0.3, -0.25) is 0 Å². The zero-order chi connectivity index (χ0) is 25.1. The Labute approximate surface area is 224 Å². The molecule has 0 fully saturated rings.